The van der Waals surface area contributed by atoms with Gasteiger partial charge in [-0.3, -0.25) is 0 Å². The summed E-state index contributed by atoms with van der Waals surface area (Å²) in [4.78, 5) is 0. The van der Waals surface area contributed by atoms with Crippen LogP contribution in [0.4, 0.5) is 0 Å². The van der Waals surface area contributed by atoms with Crippen LogP contribution in [0.5, 0.6) is 0 Å². The molecule has 0 aromatic carbocycles. The zero-order valence-corrected chi connectivity index (χ0v) is 14.1. The quantitative estimate of drug-likeness (QED) is 0.716. The Morgan fingerprint density at radius 3 is 2.35 bits per heavy atom. The monoisotopic (exact) mass is 326 g/mol. The Balaban J connectivity index is 2.58. The largest absolute Gasteiger partial charge is 0.314 e. The van der Waals surface area contributed by atoms with E-state index in [1.165, 1.54) is 4.31 Å². The molecule has 0 spiro atoms. The lowest BCUT2D eigenvalue weighted by molar-refractivity contribution is 0.221. The molecule has 2 unspecified atom stereocenters. The summed E-state index contributed by atoms with van der Waals surface area (Å²) in [5.41, 5.74) is 0. The van der Waals surface area contributed by atoms with Crippen molar-refractivity contribution in [1.82, 2.24) is 9.62 Å². The number of hydrogen-bond acceptors (Lipinski definition) is 5. The average Bonchev–Trinajstić information content (AvgIpc) is 2.34. The van der Waals surface area contributed by atoms with Crippen LogP contribution in [0, 0.1) is 5.92 Å². The Labute approximate surface area is 122 Å². The van der Waals surface area contributed by atoms with E-state index in [4.69, 9.17) is 0 Å². The predicted molar refractivity (Wildman–Crippen MR) is 80.9 cm³/mol. The molecule has 6 nitrogen and oxygen atoms in total. The van der Waals surface area contributed by atoms with E-state index in [0.29, 0.717) is 19.1 Å². The van der Waals surface area contributed by atoms with Gasteiger partial charge in [-0.25, -0.2) is 21.1 Å². The first kappa shape index (κ1) is 17.9. The average molecular weight is 326 g/mol. The second-order valence-electron chi connectivity index (χ2n) is 5.63. The Morgan fingerprint density at radius 1 is 1.20 bits per heavy atom. The van der Waals surface area contributed by atoms with Gasteiger partial charge in [0, 0.05) is 25.4 Å². The van der Waals surface area contributed by atoms with Gasteiger partial charge in [-0.15, -0.1) is 0 Å². The maximum atomic E-state index is 12.1. The molecule has 1 heterocycles. The molecule has 1 saturated heterocycles. The van der Waals surface area contributed by atoms with Crippen LogP contribution in [0.2, 0.25) is 0 Å². The third kappa shape index (κ3) is 5.67. The molecule has 20 heavy (non-hydrogen) atoms. The maximum Gasteiger partial charge on any atom is 0.215 e. The smallest absolute Gasteiger partial charge is 0.215 e. The van der Waals surface area contributed by atoms with Gasteiger partial charge in [0.15, 0.2) is 0 Å². The lowest BCUT2D eigenvalue weighted by Gasteiger charge is -2.36. The van der Waals surface area contributed by atoms with E-state index in [-0.39, 0.29) is 17.4 Å². The van der Waals surface area contributed by atoms with E-state index < -0.39 is 19.9 Å². The van der Waals surface area contributed by atoms with Crippen molar-refractivity contribution in [2.75, 3.05) is 37.4 Å². The number of hydrogen-bond donors (Lipinski definition) is 1. The summed E-state index contributed by atoms with van der Waals surface area (Å²) in [6, 6.07) is 0.344. The van der Waals surface area contributed by atoms with Gasteiger partial charge in [0.1, 0.15) is 9.84 Å². The van der Waals surface area contributed by atoms with E-state index in [9.17, 15) is 16.8 Å². The third-order valence-corrected chi connectivity index (χ3v) is 6.67. The molecule has 2 atom stereocenters. The van der Waals surface area contributed by atoms with Crippen molar-refractivity contribution in [3.63, 3.8) is 0 Å². The molecule has 1 rings (SSSR count). The lowest BCUT2D eigenvalue weighted by Crippen LogP contribution is -2.51. The number of nitrogens with one attached hydrogen (secondary N) is 1. The van der Waals surface area contributed by atoms with E-state index >= 15 is 0 Å². The minimum Gasteiger partial charge on any atom is -0.314 e. The zero-order valence-electron chi connectivity index (χ0n) is 12.5. The van der Waals surface area contributed by atoms with Crippen LogP contribution in [0.1, 0.15) is 26.7 Å². The summed E-state index contributed by atoms with van der Waals surface area (Å²) in [6.45, 7) is 6.01. The van der Waals surface area contributed by atoms with Gasteiger partial charge in [-0.05, 0) is 25.3 Å². The van der Waals surface area contributed by atoms with Crippen molar-refractivity contribution >= 4 is 19.9 Å². The van der Waals surface area contributed by atoms with E-state index in [1.807, 2.05) is 6.92 Å². The predicted octanol–water partition coefficient (Wildman–Crippen LogP) is 0.0708. The molecular formula is C12H26N2O4S2. The third-order valence-electron chi connectivity index (χ3n) is 3.63. The highest BCUT2D eigenvalue weighted by Gasteiger charge is 2.32. The Bertz CT molecular complexity index is 502. The van der Waals surface area contributed by atoms with E-state index in [0.717, 1.165) is 25.6 Å². The highest BCUT2D eigenvalue weighted by atomic mass is 32.2. The van der Waals surface area contributed by atoms with E-state index in [2.05, 4.69) is 12.2 Å². The number of nitrogens with zero attached hydrogens (tertiary/aromatic N) is 1. The first-order valence-corrected chi connectivity index (χ1v) is 10.7. The summed E-state index contributed by atoms with van der Waals surface area (Å²) in [5.74, 6) is -0.383. The molecule has 120 valence electrons. The highest BCUT2D eigenvalue weighted by Crippen LogP contribution is 2.20. The minimum atomic E-state index is -3.47. The maximum absolute atomic E-state index is 12.1. The van der Waals surface area contributed by atoms with Gasteiger partial charge >= 0.3 is 0 Å². The molecule has 1 aliphatic rings. The second-order valence-corrected chi connectivity index (χ2v) is 9.98. The molecule has 0 saturated carbocycles. The van der Waals surface area contributed by atoms with Crippen LogP contribution < -0.4 is 5.32 Å². The lowest BCUT2D eigenvalue weighted by atomic mass is 9.95. The normalized spacial score (nSPS) is 25.8. The van der Waals surface area contributed by atoms with Crippen LogP contribution >= 0.6 is 0 Å². The fraction of sp³-hybridized carbons (Fsp3) is 1.00. The molecule has 8 heteroatoms. The Kier molecular flexibility index (Phi) is 6.43. The first-order valence-electron chi connectivity index (χ1n) is 7.04. The van der Waals surface area contributed by atoms with Crippen LogP contribution in [-0.4, -0.2) is 64.6 Å². The molecule has 0 aromatic rings. The molecule has 1 fully saturated rings. The molecule has 0 amide bonds. The van der Waals surface area contributed by atoms with Gasteiger partial charge < -0.3 is 5.32 Å². The van der Waals surface area contributed by atoms with E-state index in [1.54, 1.807) is 0 Å². The molecule has 1 aliphatic heterocycles. The summed E-state index contributed by atoms with van der Waals surface area (Å²) in [6.07, 6.45) is 2.89. The van der Waals surface area contributed by atoms with Crippen molar-refractivity contribution in [2.24, 2.45) is 5.92 Å². The van der Waals surface area contributed by atoms with Crippen LogP contribution in [-0.2, 0) is 19.9 Å². The van der Waals surface area contributed by atoms with Gasteiger partial charge in [0.25, 0.3) is 0 Å². The summed E-state index contributed by atoms with van der Waals surface area (Å²) < 4.78 is 47.9. The first-order chi connectivity index (χ1) is 9.15. The fourth-order valence-electron chi connectivity index (χ4n) is 2.38. The van der Waals surface area contributed by atoms with Crippen LogP contribution in [0.3, 0.4) is 0 Å². The number of sulfone groups is 1. The van der Waals surface area contributed by atoms with Gasteiger partial charge in [0.2, 0.25) is 10.0 Å². The standard InChI is InChI=1S/C12H26N2O4S2/c1-4-6-13-12-5-7-14(10-11(12)2)20(17,18)9-8-19(3,15)16/h11-13H,4-10H2,1-3H3. The van der Waals surface area contributed by atoms with Gasteiger partial charge in [0.05, 0.1) is 11.5 Å². The van der Waals surface area contributed by atoms with Crippen LogP contribution in [0.15, 0.2) is 0 Å². The minimum absolute atomic E-state index is 0.239. The SMILES string of the molecule is CCCNC1CCN(S(=O)(=O)CCS(C)(=O)=O)CC1C. The van der Waals surface area contributed by atoms with Crippen molar-refractivity contribution in [2.45, 2.75) is 32.7 Å². The number of sulfonamides is 1. The fourth-order valence-corrected chi connectivity index (χ4v) is 5.54. The second kappa shape index (κ2) is 7.20. The van der Waals surface area contributed by atoms with Crippen molar-refractivity contribution < 1.29 is 16.8 Å². The highest BCUT2D eigenvalue weighted by molar-refractivity contribution is 7.93. The van der Waals surface area contributed by atoms with Crippen molar-refractivity contribution in [3.05, 3.63) is 0 Å². The summed E-state index contributed by atoms with van der Waals surface area (Å²) in [5, 5.41) is 3.43. The molecule has 0 radical (unpaired) electrons. The van der Waals surface area contributed by atoms with Crippen molar-refractivity contribution in [3.8, 4) is 0 Å². The summed E-state index contributed by atoms with van der Waals surface area (Å²) in [7, 11) is -6.72. The zero-order chi connectivity index (χ0) is 15.4. The Morgan fingerprint density at radius 2 is 1.85 bits per heavy atom. The molecule has 0 aromatic heterocycles. The van der Waals surface area contributed by atoms with Crippen LogP contribution in [0.25, 0.3) is 0 Å². The molecule has 1 N–H and O–H groups in total. The molecule has 0 bridgehead atoms. The topological polar surface area (TPSA) is 83.6 Å². The van der Waals surface area contributed by atoms with Gasteiger partial charge in [-0.2, -0.15) is 0 Å². The molecular weight excluding hydrogens is 300 g/mol. The number of rotatable bonds is 7. The molecule has 0 aliphatic carbocycles. The van der Waals surface area contributed by atoms with Gasteiger partial charge in [-0.1, -0.05) is 13.8 Å². The van der Waals surface area contributed by atoms with Crippen molar-refractivity contribution in [1.29, 1.82) is 0 Å². The Hall–Kier alpha value is -0.180. The number of piperidine rings is 1. The summed E-state index contributed by atoms with van der Waals surface area (Å²) >= 11 is 0.